The Balaban J connectivity index is 1.75. The van der Waals surface area contributed by atoms with E-state index in [9.17, 15) is 32.3 Å². The summed E-state index contributed by atoms with van der Waals surface area (Å²) < 4.78 is 75.3. The van der Waals surface area contributed by atoms with Gasteiger partial charge in [-0.3, -0.25) is 9.69 Å². The average Bonchev–Trinajstić information content (AvgIpc) is 3.24. The molecule has 15 heteroatoms. The minimum absolute atomic E-state index is 0.1000. The molecule has 2 amide bonds. The van der Waals surface area contributed by atoms with Crippen LogP contribution in [0.4, 0.5) is 32.4 Å². The number of hydrogen-bond donors (Lipinski definition) is 2. The van der Waals surface area contributed by atoms with Crippen LogP contribution < -0.4 is 10.1 Å². The highest BCUT2D eigenvalue weighted by Crippen LogP contribution is 2.34. The Morgan fingerprint density at radius 2 is 1.92 bits per heavy atom. The van der Waals surface area contributed by atoms with Crippen LogP contribution >= 0.6 is 11.6 Å². The Bertz CT molecular complexity index is 1360. The van der Waals surface area contributed by atoms with Gasteiger partial charge < -0.3 is 15.2 Å². The molecule has 0 saturated carbocycles. The highest BCUT2D eigenvalue weighted by molar-refractivity contribution is 6.34. The molecule has 0 unspecified atom stereocenters. The molecule has 0 spiro atoms. The van der Waals surface area contributed by atoms with E-state index in [-0.39, 0.29) is 36.3 Å². The molecule has 1 aromatic heterocycles. The molecule has 0 saturated heterocycles. The molecule has 1 aliphatic rings. The summed E-state index contributed by atoms with van der Waals surface area (Å²) in [4.78, 5) is 29.3. The number of nitrogens with one attached hydrogen (secondary N) is 1. The highest BCUT2D eigenvalue weighted by atomic mass is 35.5. The maximum absolute atomic E-state index is 15.2. The first-order valence-corrected chi connectivity index (χ1v) is 11.0. The van der Waals surface area contributed by atoms with Gasteiger partial charge in [-0.15, -0.1) is 0 Å². The number of aromatic nitrogens is 3. The van der Waals surface area contributed by atoms with Crippen molar-refractivity contribution in [2.45, 2.75) is 32.3 Å². The summed E-state index contributed by atoms with van der Waals surface area (Å²) in [7, 11) is 0. The zero-order valence-corrected chi connectivity index (χ0v) is 19.6. The third-order valence-corrected chi connectivity index (χ3v) is 5.77. The lowest BCUT2D eigenvalue weighted by Crippen LogP contribution is -2.37. The van der Waals surface area contributed by atoms with Crippen molar-refractivity contribution in [1.82, 2.24) is 19.7 Å². The Morgan fingerprint density at radius 1 is 1.19 bits per heavy atom. The second-order valence-electron chi connectivity index (χ2n) is 7.96. The smallest absolute Gasteiger partial charge is 0.425 e. The molecule has 2 N–H and O–H groups in total. The van der Waals surface area contributed by atoms with Crippen molar-refractivity contribution in [3.63, 3.8) is 0 Å². The number of amides is 2. The molecule has 0 bridgehead atoms. The van der Waals surface area contributed by atoms with Crippen LogP contribution in [0.3, 0.4) is 0 Å². The van der Waals surface area contributed by atoms with Gasteiger partial charge in [0, 0.05) is 6.54 Å². The SMILES string of the molecule is C[C@H](Oc1cc(-c2nc3n(n2)CCN(C(=O)O)C3)c(F)cc1C(=O)Nc1c(F)cccc1Cl)C(F)(F)F. The summed E-state index contributed by atoms with van der Waals surface area (Å²) in [5.41, 5.74) is -1.52. The number of ether oxygens (including phenoxy) is 1. The third kappa shape index (κ3) is 5.43. The van der Waals surface area contributed by atoms with Gasteiger partial charge in [-0.25, -0.2) is 23.2 Å². The summed E-state index contributed by atoms with van der Waals surface area (Å²) in [5, 5.41) is 15.2. The van der Waals surface area contributed by atoms with E-state index in [1.54, 1.807) is 0 Å². The maximum Gasteiger partial charge on any atom is 0.425 e. The highest BCUT2D eigenvalue weighted by Gasteiger charge is 2.39. The summed E-state index contributed by atoms with van der Waals surface area (Å²) in [6.07, 6.45) is -8.42. The fourth-order valence-electron chi connectivity index (χ4n) is 3.47. The molecule has 0 fully saturated rings. The van der Waals surface area contributed by atoms with Crippen LogP contribution in [0.1, 0.15) is 23.1 Å². The zero-order chi connectivity index (χ0) is 27.1. The number of anilines is 1. The molecular formula is C22H17ClF5N5O4. The van der Waals surface area contributed by atoms with Crippen LogP contribution in [0.15, 0.2) is 30.3 Å². The molecule has 2 aromatic carbocycles. The number of carbonyl (C=O) groups is 2. The van der Waals surface area contributed by atoms with E-state index in [2.05, 4.69) is 15.4 Å². The molecule has 0 radical (unpaired) electrons. The first-order valence-electron chi connectivity index (χ1n) is 10.6. The lowest BCUT2D eigenvalue weighted by molar-refractivity contribution is -0.189. The Kier molecular flexibility index (Phi) is 6.95. The third-order valence-electron chi connectivity index (χ3n) is 5.45. The van der Waals surface area contributed by atoms with Gasteiger partial charge in [0.25, 0.3) is 5.91 Å². The molecule has 1 aliphatic heterocycles. The van der Waals surface area contributed by atoms with Crippen LogP contribution in [0.25, 0.3) is 11.4 Å². The first kappa shape index (κ1) is 26.1. The Hall–Kier alpha value is -3.94. The van der Waals surface area contributed by atoms with Gasteiger partial charge in [-0.2, -0.15) is 18.3 Å². The molecule has 1 atom stereocenters. The van der Waals surface area contributed by atoms with Crippen molar-refractivity contribution in [2.75, 3.05) is 11.9 Å². The van der Waals surface area contributed by atoms with E-state index in [4.69, 9.17) is 16.3 Å². The number of halogens is 6. The number of carbonyl (C=O) groups excluding carboxylic acids is 1. The van der Waals surface area contributed by atoms with Crippen molar-refractivity contribution >= 4 is 29.3 Å². The van der Waals surface area contributed by atoms with Gasteiger partial charge in [-0.1, -0.05) is 17.7 Å². The molecule has 3 aromatic rings. The van der Waals surface area contributed by atoms with Gasteiger partial charge in [0.2, 0.25) is 0 Å². The van der Waals surface area contributed by atoms with Crippen molar-refractivity contribution < 1.29 is 41.4 Å². The van der Waals surface area contributed by atoms with E-state index < -0.39 is 58.5 Å². The lowest BCUT2D eigenvalue weighted by atomic mass is 10.1. The van der Waals surface area contributed by atoms with Crippen molar-refractivity contribution in [1.29, 1.82) is 0 Å². The quantitative estimate of drug-likeness (QED) is 0.439. The number of carboxylic acid groups (broad SMARTS) is 1. The number of para-hydroxylation sites is 1. The topological polar surface area (TPSA) is 110 Å². The van der Waals surface area contributed by atoms with E-state index in [1.165, 1.54) is 16.8 Å². The molecular weight excluding hydrogens is 529 g/mol. The van der Waals surface area contributed by atoms with Crippen LogP contribution in [0.2, 0.25) is 5.02 Å². The average molecular weight is 546 g/mol. The summed E-state index contributed by atoms with van der Waals surface area (Å²) in [5.74, 6) is -3.94. The fourth-order valence-corrected chi connectivity index (χ4v) is 3.68. The molecule has 196 valence electrons. The minimum Gasteiger partial charge on any atom is -0.480 e. The Labute approximate surface area is 210 Å². The van der Waals surface area contributed by atoms with Crippen molar-refractivity contribution in [3.05, 3.63) is 58.4 Å². The maximum atomic E-state index is 15.2. The summed E-state index contributed by atoms with van der Waals surface area (Å²) in [6, 6.07) is 4.97. The van der Waals surface area contributed by atoms with Crippen molar-refractivity contribution in [3.8, 4) is 17.1 Å². The monoisotopic (exact) mass is 545 g/mol. The number of benzene rings is 2. The van der Waals surface area contributed by atoms with E-state index in [0.29, 0.717) is 13.0 Å². The Morgan fingerprint density at radius 3 is 2.57 bits per heavy atom. The predicted molar refractivity (Wildman–Crippen MR) is 119 cm³/mol. The second-order valence-corrected chi connectivity index (χ2v) is 8.37. The van der Waals surface area contributed by atoms with Crippen LogP contribution in [0, 0.1) is 11.6 Å². The van der Waals surface area contributed by atoms with Gasteiger partial charge in [0.1, 0.15) is 23.2 Å². The lowest BCUT2D eigenvalue weighted by Gasteiger charge is -2.23. The van der Waals surface area contributed by atoms with Crippen molar-refractivity contribution in [2.24, 2.45) is 0 Å². The minimum atomic E-state index is -4.83. The number of rotatable bonds is 5. The van der Waals surface area contributed by atoms with Crippen LogP contribution in [-0.4, -0.2) is 55.6 Å². The van der Waals surface area contributed by atoms with Gasteiger partial charge >= 0.3 is 12.3 Å². The van der Waals surface area contributed by atoms with E-state index >= 15 is 4.39 Å². The van der Waals surface area contributed by atoms with E-state index in [1.807, 2.05) is 0 Å². The summed E-state index contributed by atoms with van der Waals surface area (Å²) in [6.45, 7) is 0.770. The fraction of sp³-hybridized carbons (Fsp3) is 0.273. The number of fused-ring (bicyclic) bond motifs is 1. The van der Waals surface area contributed by atoms with Gasteiger partial charge in [0.05, 0.1) is 34.9 Å². The largest absolute Gasteiger partial charge is 0.480 e. The van der Waals surface area contributed by atoms with Crippen LogP contribution in [-0.2, 0) is 13.1 Å². The number of hydrogen-bond acceptors (Lipinski definition) is 5. The molecule has 4 rings (SSSR count). The standard InChI is InChI=1S/C22H17ClF5N5O4/c1-10(22(26,27)28)37-16-8-11(19-29-17-9-32(21(35)36)5-6-33(17)31-19)15(25)7-12(16)20(34)30-18-13(23)3-2-4-14(18)24/h2-4,7-8,10H,5-6,9H2,1H3,(H,30,34)(H,35,36)/t10-/m0/s1. The van der Waals surface area contributed by atoms with Gasteiger partial charge in [0.15, 0.2) is 11.9 Å². The normalized spacial score (nSPS) is 14.2. The number of nitrogens with zero attached hydrogens (tertiary/aromatic N) is 4. The number of alkyl halides is 3. The molecule has 9 nitrogen and oxygen atoms in total. The second kappa shape index (κ2) is 9.84. The molecule has 37 heavy (non-hydrogen) atoms. The van der Waals surface area contributed by atoms with Crippen LogP contribution in [0.5, 0.6) is 5.75 Å². The summed E-state index contributed by atoms with van der Waals surface area (Å²) >= 11 is 5.89. The first-order chi connectivity index (χ1) is 17.3. The zero-order valence-electron chi connectivity index (χ0n) is 18.8. The van der Waals surface area contributed by atoms with Gasteiger partial charge in [-0.05, 0) is 31.2 Å². The molecule has 0 aliphatic carbocycles. The van der Waals surface area contributed by atoms with E-state index in [0.717, 1.165) is 17.0 Å². The molecule has 2 heterocycles. The predicted octanol–water partition coefficient (Wildman–Crippen LogP) is 4.95.